The number of nitrogens with two attached hydrogens (primary N) is 1. The molecule has 0 aromatic heterocycles. The zero-order chi connectivity index (χ0) is 14.2. The van der Waals surface area contributed by atoms with Gasteiger partial charge in [0.1, 0.15) is 0 Å². The predicted molar refractivity (Wildman–Crippen MR) is 67.1 cm³/mol. The quantitative estimate of drug-likeness (QED) is 0.657. The number of thiocarbonyl (C=S) groups is 1. The van der Waals surface area contributed by atoms with E-state index in [-0.39, 0.29) is 16.5 Å². The molecular formula is C12H11F3N2OS. The van der Waals surface area contributed by atoms with Crippen molar-refractivity contribution in [3.63, 3.8) is 0 Å². The molecule has 0 bridgehead atoms. The average molecular weight is 288 g/mol. The second-order valence-corrected chi connectivity index (χ2v) is 4.92. The van der Waals surface area contributed by atoms with Gasteiger partial charge in [0.05, 0.1) is 11.0 Å². The standard InChI is InChI=1S/C12H11F3N2OS/c13-7-3-6(4-8(14)9(7)15)12(18)17-10(11(16)19)5-1-2-5/h3-5,10H,1-2H2,(H2,16,19)(H,17,18). The highest BCUT2D eigenvalue weighted by Crippen LogP contribution is 2.33. The third-order valence-corrected chi connectivity index (χ3v) is 3.19. The van der Waals surface area contributed by atoms with Crippen LogP contribution in [0.3, 0.4) is 0 Å². The van der Waals surface area contributed by atoms with E-state index < -0.39 is 29.4 Å². The van der Waals surface area contributed by atoms with E-state index in [4.69, 9.17) is 18.0 Å². The van der Waals surface area contributed by atoms with Gasteiger partial charge in [0, 0.05) is 5.56 Å². The molecule has 0 radical (unpaired) electrons. The molecule has 0 spiro atoms. The van der Waals surface area contributed by atoms with E-state index in [1.807, 2.05) is 0 Å². The summed E-state index contributed by atoms with van der Waals surface area (Å²) in [7, 11) is 0. The van der Waals surface area contributed by atoms with Gasteiger partial charge in [-0.2, -0.15) is 0 Å². The minimum atomic E-state index is -1.61. The van der Waals surface area contributed by atoms with Gasteiger partial charge in [-0.1, -0.05) is 12.2 Å². The molecule has 0 aliphatic heterocycles. The summed E-state index contributed by atoms with van der Waals surface area (Å²) in [6.45, 7) is 0. The second-order valence-electron chi connectivity index (χ2n) is 4.44. The van der Waals surface area contributed by atoms with E-state index in [0.717, 1.165) is 12.8 Å². The molecule has 1 fully saturated rings. The first-order valence-electron chi connectivity index (χ1n) is 5.65. The lowest BCUT2D eigenvalue weighted by Gasteiger charge is -2.16. The Morgan fingerprint density at radius 1 is 1.32 bits per heavy atom. The minimum Gasteiger partial charge on any atom is -0.392 e. The van der Waals surface area contributed by atoms with E-state index in [9.17, 15) is 18.0 Å². The van der Waals surface area contributed by atoms with Crippen molar-refractivity contribution in [2.75, 3.05) is 0 Å². The number of nitrogens with one attached hydrogen (secondary N) is 1. The summed E-state index contributed by atoms with van der Waals surface area (Å²) in [6, 6.07) is 0.771. The summed E-state index contributed by atoms with van der Waals surface area (Å²) in [6.07, 6.45) is 1.77. The first-order chi connectivity index (χ1) is 8.90. The van der Waals surface area contributed by atoms with Crippen LogP contribution in [0.2, 0.25) is 0 Å². The number of hydrogen-bond acceptors (Lipinski definition) is 2. The van der Waals surface area contributed by atoms with Crippen molar-refractivity contribution in [2.24, 2.45) is 11.7 Å². The molecule has 1 amide bonds. The van der Waals surface area contributed by atoms with Crippen molar-refractivity contribution in [2.45, 2.75) is 18.9 Å². The number of carbonyl (C=O) groups is 1. The highest BCUT2D eigenvalue weighted by atomic mass is 32.1. The van der Waals surface area contributed by atoms with Crippen molar-refractivity contribution in [3.8, 4) is 0 Å². The van der Waals surface area contributed by atoms with Crippen molar-refractivity contribution in [1.29, 1.82) is 0 Å². The van der Waals surface area contributed by atoms with Crippen LogP contribution in [0.4, 0.5) is 13.2 Å². The maximum atomic E-state index is 13.0. The fraction of sp³-hybridized carbons (Fsp3) is 0.333. The molecule has 1 unspecified atom stereocenters. The molecule has 1 aliphatic carbocycles. The van der Waals surface area contributed by atoms with Crippen LogP contribution in [0.15, 0.2) is 12.1 Å². The third-order valence-electron chi connectivity index (χ3n) is 2.93. The van der Waals surface area contributed by atoms with E-state index in [0.29, 0.717) is 12.1 Å². The van der Waals surface area contributed by atoms with Gasteiger partial charge in [-0.25, -0.2) is 13.2 Å². The Kier molecular flexibility index (Phi) is 3.75. The maximum absolute atomic E-state index is 13.0. The summed E-state index contributed by atoms with van der Waals surface area (Å²) in [5.41, 5.74) is 5.19. The summed E-state index contributed by atoms with van der Waals surface area (Å²) in [4.78, 5) is 11.9. The van der Waals surface area contributed by atoms with Crippen LogP contribution in [0, 0.1) is 23.4 Å². The zero-order valence-electron chi connectivity index (χ0n) is 9.75. The third kappa shape index (κ3) is 3.04. The largest absolute Gasteiger partial charge is 0.392 e. The highest BCUT2D eigenvalue weighted by Gasteiger charge is 2.34. The Labute approximate surface area is 113 Å². The number of carbonyl (C=O) groups excluding carboxylic acids is 1. The molecule has 102 valence electrons. The van der Waals surface area contributed by atoms with E-state index in [1.165, 1.54) is 0 Å². The molecule has 3 N–H and O–H groups in total. The smallest absolute Gasteiger partial charge is 0.252 e. The first-order valence-corrected chi connectivity index (χ1v) is 6.05. The van der Waals surface area contributed by atoms with Gasteiger partial charge in [-0.05, 0) is 30.9 Å². The van der Waals surface area contributed by atoms with Crippen molar-refractivity contribution >= 4 is 23.1 Å². The number of benzene rings is 1. The van der Waals surface area contributed by atoms with Crippen molar-refractivity contribution in [3.05, 3.63) is 35.1 Å². The van der Waals surface area contributed by atoms with Crippen LogP contribution in [0.5, 0.6) is 0 Å². The van der Waals surface area contributed by atoms with Crippen LogP contribution >= 0.6 is 12.2 Å². The molecule has 1 saturated carbocycles. The lowest BCUT2D eigenvalue weighted by molar-refractivity contribution is 0.0942. The Morgan fingerprint density at radius 3 is 2.26 bits per heavy atom. The predicted octanol–water partition coefficient (Wildman–Crippen LogP) is 1.90. The summed E-state index contributed by atoms with van der Waals surface area (Å²) < 4.78 is 38.8. The topological polar surface area (TPSA) is 55.1 Å². The van der Waals surface area contributed by atoms with E-state index >= 15 is 0 Å². The lowest BCUT2D eigenvalue weighted by Crippen LogP contribution is -2.45. The van der Waals surface area contributed by atoms with Gasteiger partial charge >= 0.3 is 0 Å². The van der Waals surface area contributed by atoms with Gasteiger partial charge in [0.15, 0.2) is 17.5 Å². The second kappa shape index (κ2) is 5.16. The SMILES string of the molecule is NC(=S)C(NC(=O)c1cc(F)c(F)c(F)c1)C1CC1. The first kappa shape index (κ1) is 13.8. The molecule has 2 rings (SSSR count). The molecule has 3 nitrogen and oxygen atoms in total. The van der Waals surface area contributed by atoms with Gasteiger partial charge in [0.25, 0.3) is 5.91 Å². The molecule has 1 aliphatic rings. The fourth-order valence-electron chi connectivity index (χ4n) is 1.76. The van der Waals surface area contributed by atoms with Gasteiger partial charge in [0.2, 0.25) is 0 Å². The van der Waals surface area contributed by atoms with Crippen LogP contribution < -0.4 is 11.1 Å². The normalized spacial score (nSPS) is 15.9. The zero-order valence-corrected chi connectivity index (χ0v) is 10.6. The molecule has 1 aromatic carbocycles. The fourth-order valence-corrected chi connectivity index (χ4v) is 2.01. The Balaban J connectivity index is 2.17. The summed E-state index contributed by atoms with van der Waals surface area (Å²) in [5.74, 6) is -5.00. The number of rotatable bonds is 4. The minimum absolute atomic E-state index is 0.124. The Bertz CT molecular complexity index is 523. The van der Waals surface area contributed by atoms with Crippen molar-refractivity contribution in [1.82, 2.24) is 5.32 Å². The number of hydrogen-bond donors (Lipinski definition) is 2. The van der Waals surface area contributed by atoms with Crippen LogP contribution in [0.25, 0.3) is 0 Å². The molecule has 0 saturated heterocycles. The Morgan fingerprint density at radius 2 is 1.84 bits per heavy atom. The van der Waals surface area contributed by atoms with Crippen LogP contribution in [-0.4, -0.2) is 16.9 Å². The maximum Gasteiger partial charge on any atom is 0.252 e. The van der Waals surface area contributed by atoms with Gasteiger partial charge < -0.3 is 11.1 Å². The lowest BCUT2D eigenvalue weighted by atomic mass is 10.1. The highest BCUT2D eigenvalue weighted by molar-refractivity contribution is 7.80. The van der Waals surface area contributed by atoms with Crippen LogP contribution in [0.1, 0.15) is 23.2 Å². The number of amides is 1. The van der Waals surface area contributed by atoms with Crippen LogP contribution in [-0.2, 0) is 0 Å². The van der Waals surface area contributed by atoms with Crippen molar-refractivity contribution < 1.29 is 18.0 Å². The average Bonchev–Trinajstić information content (AvgIpc) is 3.15. The molecule has 7 heteroatoms. The van der Waals surface area contributed by atoms with Gasteiger partial charge in [-0.3, -0.25) is 4.79 Å². The summed E-state index contributed by atoms with van der Waals surface area (Å²) in [5, 5.41) is 2.51. The van der Waals surface area contributed by atoms with Gasteiger partial charge in [-0.15, -0.1) is 0 Å². The van der Waals surface area contributed by atoms with E-state index in [1.54, 1.807) is 0 Å². The molecule has 19 heavy (non-hydrogen) atoms. The molecular weight excluding hydrogens is 277 g/mol. The Hall–Kier alpha value is -1.63. The summed E-state index contributed by atoms with van der Waals surface area (Å²) >= 11 is 4.83. The molecule has 0 heterocycles. The monoisotopic (exact) mass is 288 g/mol. The van der Waals surface area contributed by atoms with E-state index in [2.05, 4.69) is 5.32 Å². The number of halogens is 3. The molecule has 1 aromatic rings. The molecule has 1 atom stereocenters.